The fourth-order valence-electron chi connectivity index (χ4n) is 1.62. The number of halogens is 1. The Labute approximate surface area is 116 Å². The van der Waals surface area contributed by atoms with Crippen molar-refractivity contribution in [1.29, 1.82) is 0 Å². The van der Waals surface area contributed by atoms with E-state index in [0.29, 0.717) is 11.3 Å². The quantitative estimate of drug-likeness (QED) is 0.945. The summed E-state index contributed by atoms with van der Waals surface area (Å²) in [5.74, 6) is -0.883. The zero-order chi connectivity index (χ0) is 14.8. The molecule has 0 heterocycles. The van der Waals surface area contributed by atoms with Gasteiger partial charge in [-0.25, -0.2) is 12.8 Å². The van der Waals surface area contributed by atoms with Crippen LogP contribution in [-0.4, -0.2) is 20.6 Å². The SMILES string of the molecule is CS(=O)(=O)c1ccc(C(=O)Nc2cccc(F)c2)cc1. The lowest BCUT2D eigenvalue weighted by Gasteiger charge is -2.06. The Balaban J connectivity index is 2.18. The minimum absolute atomic E-state index is 0.139. The van der Waals surface area contributed by atoms with E-state index in [9.17, 15) is 17.6 Å². The molecule has 0 saturated heterocycles. The average Bonchev–Trinajstić information content (AvgIpc) is 2.38. The van der Waals surface area contributed by atoms with Crippen molar-refractivity contribution in [2.75, 3.05) is 11.6 Å². The van der Waals surface area contributed by atoms with Gasteiger partial charge in [-0.3, -0.25) is 4.79 Å². The van der Waals surface area contributed by atoms with Crippen LogP contribution in [0.25, 0.3) is 0 Å². The van der Waals surface area contributed by atoms with Gasteiger partial charge in [-0.1, -0.05) is 6.07 Å². The molecule has 0 aliphatic heterocycles. The van der Waals surface area contributed by atoms with Crippen molar-refractivity contribution in [3.63, 3.8) is 0 Å². The number of hydrogen-bond acceptors (Lipinski definition) is 3. The van der Waals surface area contributed by atoms with E-state index in [0.717, 1.165) is 6.26 Å². The van der Waals surface area contributed by atoms with Gasteiger partial charge in [0, 0.05) is 17.5 Å². The number of rotatable bonds is 3. The molecule has 0 bridgehead atoms. The molecule has 0 unspecified atom stereocenters. The summed E-state index contributed by atoms with van der Waals surface area (Å²) in [4.78, 5) is 12.0. The first-order valence-electron chi connectivity index (χ1n) is 5.73. The van der Waals surface area contributed by atoms with Crippen LogP contribution in [0.5, 0.6) is 0 Å². The number of nitrogens with one attached hydrogen (secondary N) is 1. The first-order valence-corrected chi connectivity index (χ1v) is 7.62. The molecule has 0 atom stereocenters. The van der Waals surface area contributed by atoms with Crippen LogP contribution in [0.3, 0.4) is 0 Å². The van der Waals surface area contributed by atoms with Gasteiger partial charge in [0.25, 0.3) is 5.91 Å². The van der Waals surface area contributed by atoms with Crippen LogP contribution >= 0.6 is 0 Å². The topological polar surface area (TPSA) is 63.2 Å². The van der Waals surface area contributed by atoms with Crippen molar-refractivity contribution < 1.29 is 17.6 Å². The molecule has 2 rings (SSSR count). The lowest BCUT2D eigenvalue weighted by molar-refractivity contribution is 0.102. The van der Waals surface area contributed by atoms with Crippen LogP contribution in [0.2, 0.25) is 0 Å². The normalized spacial score (nSPS) is 11.1. The van der Waals surface area contributed by atoms with Crippen molar-refractivity contribution in [2.45, 2.75) is 4.90 Å². The Bertz CT molecular complexity index is 739. The number of amides is 1. The molecule has 0 saturated carbocycles. The maximum Gasteiger partial charge on any atom is 0.255 e. The molecular weight excluding hydrogens is 281 g/mol. The summed E-state index contributed by atoms with van der Waals surface area (Å²) in [6, 6.07) is 11.0. The maximum atomic E-state index is 13.0. The minimum Gasteiger partial charge on any atom is -0.322 e. The van der Waals surface area contributed by atoms with E-state index in [1.54, 1.807) is 6.07 Å². The summed E-state index contributed by atoms with van der Waals surface area (Å²) in [5.41, 5.74) is 0.629. The summed E-state index contributed by atoms with van der Waals surface area (Å²) in [7, 11) is -3.29. The number of hydrogen-bond donors (Lipinski definition) is 1. The molecule has 6 heteroatoms. The first kappa shape index (κ1) is 14.2. The van der Waals surface area contributed by atoms with Crippen molar-refractivity contribution >= 4 is 21.4 Å². The second kappa shape index (κ2) is 5.42. The largest absolute Gasteiger partial charge is 0.322 e. The first-order chi connectivity index (χ1) is 9.36. The highest BCUT2D eigenvalue weighted by Crippen LogP contribution is 2.13. The summed E-state index contributed by atoms with van der Waals surface area (Å²) >= 11 is 0. The van der Waals surface area contributed by atoms with Crippen molar-refractivity contribution in [2.24, 2.45) is 0 Å². The second-order valence-corrected chi connectivity index (χ2v) is 6.28. The Kier molecular flexibility index (Phi) is 3.85. The number of benzene rings is 2. The molecule has 4 nitrogen and oxygen atoms in total. The molecule has 0 spiro atoms. The predicted octanol–water partition coefficient (Wildman–Crippen LogP) is 2.48. The number of anilines is 1. The van der Waals surface area contributed by atoms with Crippen LogP contribution in [0.4, 0.5) is 10.1 Å². The van der Waals surface area contributed by atoms with Gasteiger partial charge in [0.15, 0.2) is 9.84 Å². The summed E-state index contributed by atoms with van der Waals surface area (Å²) < 4.78 is 35.6. The lowest BCUT2D eigenvalue weighted by atomic mass is 10.2. The zero-order valence-electron chi connectivity index (χ0n) is 10.6. The molecule has 1 N–H and O–H groups in total. The van der Waals surface area contributed by atoms with Gasteiger partial charge in [-0.2, -0.15) is 0 Å². The third-order valence-electron chi connectivity index (χ3n) is 2.63. The highest BCUT2D eigenvalue weighted by Gasteiger charge is 2.10. The van der Waals surface area contributed by atoms with E-state index in [1.807, 2.05) is 0 Å². The third kappa shape index (κ3) is 3.42. The second-order valence-electron chi connectivity index (χ2n) is 4.26. The molecule has 0 fully saturated rings. The Morgan fingerprint density at radius 1 is 1.10 bits per heavy atom. The molecule has 2 aromatic carbocycles. The molecule has 20 heavy (non-hydrogen) atoms. The maximum absolute atomic E-state index is 13.0. The summed E-state index contributed by atoms with van der Waals surface area (Å²) in [6.07, 6.45) is 1.09. The van der Waals surface area contributed by atoms with Crippen molar-refractivity contribution in [3.8, 4) is 0 Å². The Morgan fingerprint density at radius 2 is 1.75 bits per heavy atom. The molecule has 2 aromatic rings. The molecule has 0 aliphatic carbocycles. The van der Waals surface area contributed by atoms with E-state index < -0.39 is 21.6 Å². The minimum atomic E-state index is -3.29. The molecular formula is C14H12FNO3S. The Morgan fingerprint density at radius 3 is 2.30 bits per heavy atom. The van der Waals surface area contributed by atoms with Crippen LogP contribution < -0.4 is 5.32 Å². The standard InChI is InChI=1S/C14H12FNO3S/c1-20(18,19)13-7-5-10(6-8-13)14(17)16-12-4-2-3-11(15)9-12/h2-9H,1H3,(H,16,17). The van der Waals surface area contributed by atoms with Crippen LogP contribution in [-0.2, 0) is 9.84 Å². The van der Waals surface area contributed by atoms with Crippen molar-refractivity contribution in [1.82, 2.24) is 0 Å². The van der Waals surface area contributed by atoms with Crippen LogP contribution in [0, 0.1) is 5.82 Å². The Hall–Kier alpha value is -2.21. The van der Waals surface area contributed by atoms with Gasteiger partial charge in [-0.15, -0.1) is 0 Å². The van der Waals surface area contributed by atoms with E-state index >= 15 is 0 Å². The van der Waals surface area contributed by atoms with Gasteiger partial charge >= 0.3 is 0 Å². The summed E-state index contributed by atoms with van der Waals surface area (Å²) in [5, 5.41) is 2.53. The van der Waals surface area contributed by atoms with Crippen molar-refractivity contribution in [3.05, 3.63) is 59.9 Å². The molecule has 1 amide bonds. The molecule has 0 aliphatic rings. The highest BCUT2D eigenvalue weighted by atomic mass is 32.2. The monoisotopic (exact) mass is 293 g/mol. The van der Waals surface area contributed by atoms with Gasteiger partial charge in [0.1, 0.15) is 5.82 Å². The fourth-order valence-corrected chi connectivity index (χ4v) is 2.25. The zero-order valence-corrected chi connectivity index (χ0v) is 11.4. The average molecular weight is 293 g/mol. The third-order valence-corrected chi connectivity index (χ3v) is 3.76. The van der Waals surface area contributed by atoms with Crippen LogP contribution in [0.1, 0.15) is 10.4 Å². The predicted molar refractivity (Wildman–Crippen MR) is 73.9 cm³/mol. The van der Waals surface area contributed by atoms with E-state index in [4.69, 9.17) is 0 Å². The van der Waals surface area contributed by atoms with Gasteiger partial charge in [0.2, 0.25) is 0 Å². The van der Waals surface area contributed by atoms with Gasteiger partial charge in [-0.05, 0) is 42.5 Å². The lowest BCUT2D eigenvalue weighted by Crippen LogP contribution is -2.12. The van der Waals surface area contributed by atoms with E-state index in [2.05, 4.69) is 5.32 Å². The van der Waals surface area contributed by atoms with Gasteiger partial charge < -0.3 is 5.32 Å². The molecule has 0 aromatic heterocycles. The van der Waals surface area contributed by atoms with Crippen LogP contribution in [0.15, 0.2) is 53.4 Å². The number of carbonyl (C=O) groups is 1. The molecule has 0 radical (unpaired) electrons. The smallest absolute Gasteiger partial charge is 0.255 e. The number of sulfone groups is 1. The number of carbonyl (C=O) groups excluding carboxylic acids is 1. The highest BCUT2D eigenvalue weighted by molar-refractivity contribution is 7.90. The fraction of sp³-hybridized carbons (Fsp3) is 0.0714. The van der Waals surface area contributed by atoms with E-state index in [-0.39, 0.29) is 4.90 Å². The van der Waals surface area contributed by atoms with Gasteiger partial charge in [0.05, 0.1) is 4.90 Å². The molecule has 104 valence electrons. The van der Waals surface area contributed by atoms with E-state index in [1.165, 1.54) is 42.5 Å². The summed E-state index contributed by atoms with van der Waals surface area (Å²) in [6.45, 7) is 0.